The largest absolute Gasteiger partial charge is 0.490 e. The van der Waals surface area contributed by atoms with Gasteiger partial charge in [-0.25, -0.2) is 0 Å². The predicted octanol–water partition coefficient (Wildman–Crippen LogP) is 4.29. The van der Waals surface area contributed by atoms with Crippen LogP contribution in [0.1, 0.15) is 38.7 Å². The Balaban J connectivity index is 1.70. The van der Waals surface area contributed by atoms with E-state index in [0.29, 0.717) is 18.0 Å². The van der Waals surface area contributed by atoms with E-state index in [1.54, 1.807) is 11.0 Å². The van der Waals surface area contributed by atoms with E-state index in [2.05, 4.69) is 22.9 Å². The Bertz CT molecular complexity index is 820. The van der Waals surface area contributed by atoms with E-state index in [-0.39, 0.29) is 18.6 Å². The average Bonchev–Trinajstić information content (AvgIpc) is 3.29. The first-order valence-electron chi connectivity index (χ1n) is 9.38. The Morgan fingerprint density at radius 2 is 2.04 bits per heavy atom. The number of amides is 3. The zero-order valence-corrected chi connectivity index (χ0v) is 18.3. The van der Waals surface area contributed by atoms with E-state index in [4.69, 9.17) is 4.74 Å². The minimum Gasteiger partial charge on any atom is -0.490 e. The molecule has 0 unspecified atom stereocenters. The molecular weight excluding hydrogens is 444 g/mol. The van der Waals surface area contributed by atoms with E-state index in [0.717, 1.165) is 51.7 Å². The SMILES string of the molecule is CC[C@H](C)Oc1ccc(/C=C2/SC(=O)N(CC(=O)N3CCCC3)C2=O)cc1Br. The quantitative estimate of drug-likeness (QED) is 0.585. The molecule has 2 fully saturated rings. The van der Waals surface area contributed by atoms with Crippen LogP contribution in [0.5, 0.6) is 5.75 Å². The molecule has 0 spiro atoms. The van der Waals surface area contributed by atoms with Crippen molar-refractivity contribution in [2.24, 2.45) is 0 Å². The van der Waals surface area contributed by atoms with Crippen LogP contribution in [0.4, 0.5) is 4.79 Å². The third-order valence-electron chi connectivity index (χ3n) is 4.78. The third-order valence-corrected chi connectivity index (χ3v) is 6.31. The van der Waals surface area contributed by atoms with Crippen molar-refractivity contribution in [3.8, 4) is 5.75 Å². The Hall–Kier alpha value is -1.80. The maximum Gasteiger partial charge on any atom is 0.294 e. The fourth-order valence-corrected chi connectivity index (χ4v) is 4.32. The topological polar surface area (TPSA) is 66.9 Å². The molecule has 150 valence electrons. The molecule has 8 heteroatoms. The number of hydrogen-bond acceptors (Lipinski definition) is 5. The van der Waals surface area contributed by atoms with Crippen molar-refractivity contribution in [2.45, 2.75) is 39.2 Å². The number of carbonyl (C=O) groups excluding carboxylic acids is 3. The summed E-state index contributed by atoms with van der Waals surface area (Å²) >= 11 is 4.36. The van der Waals surface area contributed by atoms with Gasteiger partial charge in [-0.1, -0.05) is 13.0 Å². The van der Waals surface area contributed by atoms with Crippen LogP contribution in [0.15, 0.2) is 27.6 Å². The first-order valence-corrected chi connectivity index (χ1v) is 11.0. The number of rotatable bonds is 6. The van der Waals surface area contributed by atoms with Crippen LogP contribution in [0.25, 0.3) is 6.08 Å². The van der Waals surface area contributed by atoms with Crippen LogP contribution in [0.2, 0.25) is 0 Å². The summed E-state index contributed by atoms with van der Waals surface area (Å²) in [5.74, 6) is 0.143. The summed E-state index contributed by atoms with van der Waals surface area (Å²) in [6.45, 7) is 5.26. The average molecular weight is 467 g/mol. The van der Waals surface area contributed by atoms with Crippen LogP contribution >= 0.6 is 27.7 Å². The normalized spacial score (nSPS) is 19.6. The highest BCUT2D eigenvalue weighted by Gasteiger charge is 2.37. The van der Waals surface area contributed by atoms with Crippen LogP contribution in [0, 0.1) is 0 Å². The van der Waals surface area contributed by atoms with Crippen LogP contribution in [0.3, 0.4) is 0 Å². The molecule has 1 aromatic rings. The minimum atomic E-state index is -0.418. The van der Waals surface area contributed by atoms with Gasteiger partial charge in [-0.3, -0.25) is 19.3 Å². The molecule has 1 aromatic carbocycles. The molecule has 6 nitrogen and oxygen atoms in total. The highest BCUT2D eigenvalue weighted by atomic mass is 79.9. The van der Waals surface area contributed by atoms with Gasteiger partial charge in [-0.2, -0.15) is 0 Å². The molecule has 3 rings (SSSR count). The number of thioether (sulfide) groups is 1. The van der Waals surface area contributed by atoms with Crippen LogP contribution in [-0.2, 0) is 9.59 Å². The molecule has 0 aromatic heterocycles. The second kappa shape index (κ2) is 9.13. The number of likely N-dealkylation sites (tertiary alicyclic amines) is 1. The molecule has 0 bridgehead atoms. The molecule has 3 amide bonds. The van der Waals surface area contributed by atoms with Crippen molar-refractivity contribution in [1.29, 1.82) is 0 Å². The van der Waals surface area contributed by atoms with Gasteiger partial charge in [0.15, 0.2) is 0 Å². The molecule has 2 saturated heterocycles. The number of nitrogens with zero attached hydrogens (tertiary/aromatic N) is 2. The molecule has 1 atom stereocenters. The summed E-state index contributed by atoms with van der Waals surface area (Å²) in [5, 5.41) is -0.403. The van der Waals surface area contributed by atoms with Crippen molar-refractivity contribution in [3.05, 3.63) is 33.1 Å². The predicted molar refractivity (Wildman–Crippen MR) is 113 cm³/mol. The summed E-state index contributed by atoms with van der Waals surface area (Å²) < 4.78 is 6.61. The van der Waals surface area contributed by atoms with E-state index in [9.17, 15) is 14.4 Å². The zero-order chi connectivity index (χ0) is 20.3. The lowest BCUT2D eigenvalue weighted by Gasteiger charge is -2.18. The van der Waals surface area contributed by atoms with Gasteiger partial charge in [-0.15, -0.1) is 0 Å². The van der Waals surface area contributed by atoms with Crippen LogP contribution < -0.4 is 4.74 Å². The molecule has 0 aliphatic carbocycles. The van der Waals surface area contributed by atoms with Crippen molar-refractivity contribution in [1.82, 2.24) is 9.80 Å². The molecule has 0 radical (unpaired) electrons. The summed E-state index contributed by atoms with van der Waals surface area (Å²) in [5.41, 5.74) is 0.778. The lowest BCUT2D eigenvalue weighted by Crippen LogP contribution is -2.40. The standard InChI is InChI=1S/C20H23BrN2O4S/c1-3-13(2)27-16-7-6-14(10-15(16)21)11-17-19(25)23(20(26)28-17)12-18(24)22-8-4-5-9-22/h6-7,10-11,13H,3-5,8-9,12H2,1-2H3/b17-11+/t13-/m0/s1. The van der Waals surface area contributed by atoms with Gasteiger partial charge in [0, 0.05) is 13.1 Å². The Morgan fingerprint density at radius 1 is 1.32 bits per heavy atom. The number of halogens is 1. The fraction of sp³-hybridized carbons (Fsp3) is 0.450. The molecule has 2 heterocycles. The summed E-state index contributed by atoms with van der Waals surface area (Å²) in [6.07, 6.45) is 4.62. The minimum absolute atomic E-state index is 0.104. The first-order chi connectivity index (χ1) is 13.4. The van der Waals surface area contributed by atoms with Gasteiger partial charge in [0.1, 0.15) is 12.3 Å². The zero-order valence-electron chi connectivity index (χ0n) is 15.9. The number of hydrogen-bond donors (Lipinski definition) is 0. The monoisotopic (exact) mass is 466 g/mol. The fourth-order valence-electron chi connectivity index (χ4n) is 2.99. The van der Waals surface area contributed by atoms with Crippen molar-refractivity contribution < 1.29 is 19.1 Å². The maximum absolute atomic E-state index is 12.6. The molecule has 2 aliphatic heterocycles. The number of benzene rings is 1. The molecule has 2 aliphatic rings. The second-order valence-electron chi connectivity index (χ2n) is 6.88. The second-order valence-corrected chi connectivity index (χ2v) is 8.73. The van der Waals surface area contributed by atoms with Gasteiger partial charge in [0.25, 0.3) is 11.1 Å². The third kappa shape index (κ3) is 4.78. The summed E-state index contributed by atoms with van der Waals surface area (Å²) in [4.78, 5) is 40.2. The molecule has 28 heavy (non-hydrogen) atoms. The van der Waals surface area contributed by atoms with Crippen molar-refractivity contribution in [2.75, 3.05) is 19.6 Å². The molecular formula is C20H23BrN2O4S. The number of imide groups is 1. The number of carbonyl (C=O) groups is 3. The van der Waals surface area contributed by atoms with Crippen molar-refractivity contribution >= 4 is 50.8 Å². The number of ether oxygens (including phenoxy) is 1. The Labute approximate surface area is 177 Å². The highest BCUT2D eigenvalue weighted by Crippen LogP contribution is 2.34. The smallest absolute Gasteiger partial charge is 0.294 e. The first kappa shape index (κ1) is 20.9. The van der Waals surface area contributed by atoms with Crippen molar-refractivity contribution in [3.63, 3.8) is 0 Å². The highest BCUT2D eigenvalue weighted by molar-refractivity contribution is 9.10. The van der Waals surface area contributed by atoms with E-state index >= 15 is 0 Å². The van der Waals surface area contributed by atoms with Gasteiger partial charge in [0.2, 0.25) is 5.91 Å². The lowest BCUT2D eigenvalue weighted by molar-refractivity contribution is -0.135. The van der Waals surface area contributed by atoms with E-state index in [1.807, 2.05) is 25.1 Å². The maximum atomic E-state index is 12.6. The van der Waals surface area contributed by atoms with Gasteiger partial charge in [0.05, 0.1) is 15.5 Å². The van der Waals surface area contributed by atoms with Crippen LogP contribution in [-0.4, -0.2) is 52.6 Å². The summed E-state index contributed by atoms with van der Waals surface area (Å²) in [6, 6.07) is 5.52. The van der Waals surface area contributed by atoms with E-state index < -0.39 is 11.1 Å². The Morgan fingerprint density at radius 3 is 2.68 bits per heavy atom. The van der Waals surface area contributed by atoms with E-state index in [1.165, 1.54) is 0 Å². The molecule has 0 N–H and O–H groups in total. The molecule has 0 saturated carbocycles. The summed E-state index contributed by atoms with van der Waals surface area (Å²) in [7, 11) is 0. The van der Waals surface area contributed by atoms with Gasteiger partial charge < -0.3 is 9.64 Å². The van der Waals surface area contributed by atoms with Gasteiger partial charge >= 0.3 is 0 Å². The Kier molecular flexibility index (Phi) is 6.82. The van der Waals surface area contributed by atoms with Gasteiger partial charge in [-0.05, 0) is 77.7 Å². The lowest BCUT2D eigenvalue weighted by atomic mass is 10.2.